The van der Waals surface area contributed by atoms with Crippen molar-refractivity contribution < 1.29 is 17.6 Å². The molecule has 0 spiro atoms. The molecule has 10 nitrogen and oxygen atoms in total. The van der Waals surface area contributed by atoms with Gasteiger partial charge < -0.3 is 18.1 Å². The van der Waals surface area contributed by atoms with E-state index in [-0.39, 0.29) is 39.7 Å². The molecule has 60 heavy (non-hydrogen) atoms. The summed E-state index contributed by atoms with van der Waals surface area (Å²) in [5, 5.41) is 0. The summed E-state index contributed by atoms with van der Waals surface area (Å²) in [6.07, 6.45) is 3.59. The van der Waals surface area contributed by atoms with Gasteiger partial charge in [-0.15, -0.1) is 0 Å². The zero-order chi connectivity index (χ0) is 41.9. The lowest BCUT2D eigenvalue weighted by molar-refractivity contribution is 0.577. The fraction of sp³-hybridized carbons (Fsp3) is 0.149. The Morgan fingerprint density at radius 2 is 1.07 bits per heavy atom. The molecule has 0 bridgehead atoms. The van der Waals surface area contributed by atoms with Gasteiger partial charge in [0.05, 0.1) is 33.8 Å². The molecule has 10 rings (SSSR count). The lowest BCUT2D eigenvalue weighted by Crippen LogP contribution is -2.23. The minimum Gasteiger partial charge on any atom is -0.463 e. The van der Waals surface area contributed by atoms with Gasteiger partial charge in [-0.05, 0) is 124 Å². The second-order valence-electron chi connectivity index (χ2n) is 14.0. The molecule has 5 aromatic carbocycles. The number of nitrogens with zero attached hydrogens (tertiary/aromatic N) is 6. The van der Waals surface area contributed by atoms with E-state index >= 15 is 0 Å². The summed E-state index contributed by atoms with van der Waals surface area (Å²) in [4.78, 5) is 50.6. The highest BCUT2D eigenvalue weighted by atomic mass is 19.1. The summed E-state index contributed by atoms with van der Waals surface area (Å²) in [6, 6.07) is 34.9. The predicted molar refractivity (Wildman–Crippen MR) is 226 cm³/mol. The zero-order valence-electron chi connectivity index (χ0n) is 32.6. The van der Waals surface area contributed by atoms with Crippen LogP contribution in [0.1, 0.15) is 32.7 Å². The van der Waals surface area contributed by atoms with Crippen molar-refractivity contribution in [3.05, 3.63) is 182 Å². The number of benzene rings is 5. The molecule has 1 saturated carbocycles. The predicted octanol–water partition coefficient (Wildman–Crippen LogP) is 9.58. The van der Waals surface area contributed by atoms with Crippen LogP contribution >= 0.6 is 0 Å². The van der Waals surface area contributed by atoms with Crippen molar-refractivity contribution >= 4 is 33.1 Å². The Balaban J connectivity index is 0.000000125. The Hall–Kier alpha value is -7.41. The summed E-state index contributed by atoms with van der Waals surface area (Å²) in [7, 11) is 0. The second kappa shape index (κ2) is 16.8. The van der Waals surface area contributed by atoms with Gasteiger partial charge in [0, 0.05) is 30.3 Å². The fourth-order valence-electron chi connectivity index (χ4n) is 7.06. The van der Waals surface area contributed by atoms with Gasteiger partial charge in [-0.25, -0.2) is 28.1 Å². The molecular weight excluding hydrogens is 770 g/mol. The van der Waals surface area contributed by atoms with Gasteiger partial charge in [-0.3, -0.25) is 14.4 Å². The number of furan rings is 1. The average molecular weight is 807 g/mol. The van der Waals surface area contributed by atoms with Crippen LogP contribution in [0, 0.1) is 17.5 Å². The first-order valence-corrected chi connectivity index (χ1v) is 19.4. The minimum absolute atomic E-state index is 0.0946. The number of halogens is 3. The van der Waals surface area contributed by atoms with Crippen LogP contribution in [-0.4, -0.2) is 28.7 Å². The van der Waals surface area contributed by atoms with E-state index in [9.17, 15) is 27.6 Å². The third-order valence-corrected chi connectivity index (χ3v) is 10.1. The van der Waals surface area contributed by atoms with Gasteiger partial charge in [0.15, 0.2) is 17.3 Å². The van der Waals surface area contributed by atoms with Crippen LogP contribution in [0.4, 0.5) is 13.2 Å². The maximum Gasteiger partial charge on any atom is 0.280 e. The number of para-hydroxylation sites is 5. The maximum atomic E-state index is 14.0. The second-order valence-corrected chi connectivity index (χ2v) is 14.0. The van der Waals surface area contributed by atoms with E-state index < -0.39 is 11.6 Å². The Morgan fingerprint density at radius 3 is 1.65 bits per heavy atom. The van der Waals surface area contributed by atoms with E-state index in [2.05, 4.69) is 15.0 Å². The van der Waals surface area contributed by atoms with E-state index in [1.807, 2.05) is 60.0 Å². The lowest BCUT2D eigenvalue weighted by atomic mass is 10.1. The summed E-state index contributed by atoms with van der Waals surface area (Å²) < 4.78 is 50.3. The molecule has 1 fully saturated rings. The maximum absolute atomic E-state index is 14.0. The normalized spacial score (nSPS) is 12.2. The van der Waals surface area contributed by atoms with Crippen LogP contribution in [0.5, 0.6) is 0 Å². The fourth-order valence-corrected chi connectivity index (χ4v) is 7.06. The Labute approximate surface area is 340 Å². The lowest BCUT2D eigenvalue weighted by Gasteiger charge is -2.11. The molecule has 13 heteroatoms. The van der Waals surface area contributed by atoms with Gasteiger partial charge in [0.2, 0.25) is 0 Å². The quantitative estimate of drug-likeness (QED) is 0.164. The van der Waals surface area contributed by atoms with Gasteiger partial charge in [-0.1, -0.05) is 30.3 Å². The van der Waals surface area contributed by atoms with Crippen LogP contribution in [0.25, 0.3) is 67.1 Å². The van der Waals surface area contributed by atoms with Crippen molar-refractivity contribution in [2.24, 2.45) is 0 Å². The molecule has 300 valence electrons. The van der Waals surface area contributed by atoms with Gasteiger partial charge >= 0.3 is 0 Å². The smallest absolute Gasteiger partial charge is 0.280 e. The van der Waals surface area contributed by atoms with E-state index in [0.717, 1.165) is 34.9 Å². The number of hydrogen-bond donors (Lipinski definition) is 0. The SMILES string of the molecule is CCn1c(=O)c(-c2ccc(F)cc2)nc2c(F)cccc21.CCn1c(=O)c(-c2ccco2)nc2ccccc21.O=c1c(-c2ccc(F)cc2)nc2ccccc2n1C1CC1. The molecule has 0 radical (unpaired) electrons. The van der Waals surface area contributed by atoms with E-state index in [0.29, 0.717) is 46.9 Å². The molecule has 4 heterocycles. The van der Waals surface area contributed by atoms with Crippen molar-refractivity contribution in [1.29, 1.82) is 0 Å². The first kappa shape index (κ1) is 39.4. The van der Waals surface area contributed by atoms with Crippen molar-refractivity contribution in [2.75, 3.05) is 0 Å². The minimum atomic E-state index is -0.488. The third kappa shape index (κ3) is 7.76. The van der Waals surface area contributed by atoms with Crippen molar-refractivity contribution in [3.8, 4) is 34.0 Å². The molecule has 1 aliphatic carbocycles. The number of aryl methyl sites for hydroxylation is 2. The average Bonchev–Trinajstić information content (AvgIpc) is 3.95. The van der Waals surface area contributed by atoms with Crippen LogP contribution in [0.15, 0.2) is 152 Å². The summed E-state index contributed by atoms with van der Waals surface area (Å²) in [6.45, 7) is 4.75. The van der Waals surface area contributed by atoms with E-state index in [4.69, 9.17) is 4.42 Å². The summed E-state index contributed by atoms with van der Waals surface area (Å²) in [5.74, 6) is -0.699. The van der Waals surface area contributed by atoms with E-state index in [1.54, 1.807) is 54.2 Å². The molecule has 0 atom stereocenters. The summed E-state index contributed by atoms with van der Waals surface area (Å²) >= 11 is 0. The highest BCUT2D eigenvalue weighted by Gasteiger charge is 2.28. The monoisotopic (exact) mass is 806 g/mol. The van der Waals surface area contributed by atoms with Crippen molar-refractivity contribution in [1.82, 2.24) is 28.7 Å². The molecule has 9 aromatic rings. The Kier molecular flexibility index (Phi) is 11.1. The topological polar surface area (TPSA) is 118 Å². The number of hydrogen-bond acceptors (Lipinski definition) is 7. The first-order valence-electron chi connectivity index (χ1n) is 19.4. The number of rotatable bonds is 6. The highest BCUT2D eigenvalue weighted by molar-refractivity contribution is 5.80. The van der Waals surface area contributed by atoms with E-state index in [1.165, 1.54) is 47.0 Å². The van der Waals surface area contributed by atoms with Crippen molar-refractivity contribution in [2.45, 2.75) is 45.8 Å². The van der Waals surface area contributed by atoms with Crippen LogP contribution in [0.2, 0.25) is 0 Å². The van der Waals surface area contributed by atoms with Gasteiger partial charge in [0.1, 0.15) is 28.5 Å². The molecule has 4 aromatic heterocycles. The molecule has 1 aliphatic rings. The third-order valence-electron chi connectivity index (χ3n) is 10.1. The number of aromatic nitrogens is 6. The van der Waals surface area contributed by atoms with Crippen LogP contribution in [-0.2, 0) is 13.1 Å². The Morgan fingerprint density at radius 1 is 0.550 bits per heavy atom. The van der Waals surface area contributed by atoms with Crippen LogP contribution < -0.4 is 16.7 Å². The number of fused-ring (bicyclic) bond motifs is 3. The van der Waals surface area contributed by atoms with Gasteiger partial charge in [-0.2, -0.15) is 0 Å². The molecule has 0 amide bonds. The molecule has 0 N–H and O–H groups in total. The zero-order valence-corrected chi connectivity index (χ0v) is 32.6. The summed E-state index contributed by atoms with van der Waals surface area (Å²) in [5.41, 5.74) is 5.36. The van der Waals surface area contributed by atoms with Crippen LogP contribution in [0.3, 0.4) is 0 Å². The largest absolute Gasteiger partial charge is 0.463 e. The molecule has 0 aliphatic heterocycles. The highest BCUT2D eigenvalue weighted by Crippen LogP contribution is 2.36. The first-order chi connectivity index (χ1) is 29.2. The molecular formula is C47H37F3N6O4. The van der Waals surface area contributed by atoms with Gasteiger partial charge in [0.25, 0.3) is 16.7 Å². The Bertz CT molecular complexity index is 3180. The van der Waals surface area contributed by atoms with Crippen molar-refractivity contribution in [3.63, 3.8) is 0 Å². The standard InChI is InChI=1S/C17H13FN2O.C16H12F2N2O.C14H12N2O2/c18-12-7-5-11(6-8-12)16-17(21)20(13-9-10-13)15-4-2-1-3-14(15)19-16;1-2-20-13-5-3-4-12(18)15(13)19-14(16(20)21)10-6-8-11(17)9-7-10;1-2-16-11-7-4-3-6-10(11)15-13(14(16)17)12-8-5-9-18-12/h1-8,13H,9-10H2;3-9H,2H2,1H3;3-9H,2H2,1H3. The molecule has 0 unspecified atom stereocenters. The molecule has 0 saturated heterocycles.